The van der Waals surface area contributed by atoms with Crippen molar-refractivity contribution in [3.63, 3.8) is 0 Å². The molecule has 3 aliphatic rings. The molecule has 0 spiro atoms. The summed E-state index contributed by atoms with van der Waals surface area (Å²) in [5, 5.41) is 14.4. The van der Waals surface area contributed by atoms with Crippen molar-refractivity contribution in [3.8, 4) is 5.88 Å². The van der Waals surface area contributed by atoms with Crippen LogP contribution in [0.25, 0.3) is 0 Å². The number of hydrogen-bond acceptors (Lipinski definition) is 5. The average molecular weight is 382 g/mol. The number of rotatable bonds is 4. The highest BCUT2D eigenvalue weighted by molar-refractivity contribution is 7.16. The molecule has 27 heavy (non-hydrogen) atoms. The first-order valence-electron chi connectivity index (χ1n) is 9.69. The smallest absolute Gasteiger partial charge is 0.232 e. The Hall–Kier alpha value is -2.34. The molecule has 1 saturated carbocycles. The van der Waals surface area contributed by atoms with Crippen molar-refractivity contribution in [1.29, 1.82) is 0 Å². The molecule has 1 fully saturated rings. The summed E-state index contributed by atoms with van der Waals surface area (Å²) in [5.74, 6) is 1.26. The number of fused-ring (bicyclic) bond motifs is 3. The molecular weight excluding hydrogens is 358 g/mol. The quantitative estimate of drug-likeness (QED) is 0.792. The number of allylic oxidation sites excluding steroid dienone is 1. The minimum Gasteiger partial charge on any atom is -0.492 e. The number of carbonyl (C=O) groups is 1. The highest BCUT2D eigenvalue weighted by Gasteiger charge is 2.36. The Bertz CT molecular complexity index is 907. The molecule has 1 aromatic heterocycles. The number of hydrogen-bond donors (Lipinski definition) is 2. The first-order chi connectivity index (χ1) is 13.2. The third-order valence-corrected chi connectivity index (χ3v) is 6.96. The van der Waals surface area contributed by atoms with Crippen molar-refractivity contribution in [2.45, 2.75) is 38.1 Å². The lowest BCUT2D eigenvalue weighted by Crippen LogP contribution is -2.36. The Morgan fingerprint density at radius 3 is 3.00 bits per heavy atom. The molecule has 1 aromatic carbocycles. The summed E-state index contributed by atoms with van der Waals surface area (Å²) in [6.07, 6.45) is 9.12. The predicted octanol–water partition coefficient (Wildman–Crippen LogP) is 3.75. The number of nitrogens with zero attached hydrogens (tertiary/aromatic N) is 2. The highest BCUT2D eigenvalue weighted by atomic mass is 32.1. The average Bonchev–Trinajstić information content (AvgIpc) is 3.38. The van der Waals surface area contributed by atoms with E-state index in [0.29, 0.717) is 22.8 Å². The maximum atomic E-state index is 12.9. The van der Waals surface area contributed by atoms with Crippen LogP contribution in [0.15, 0.2) is 36.4 Å². The normalized spacial score (nSPS) is 25.6. The molecule has 140 valence electrons. The van der Waals surface area contributed by atoms with Crippen molar-refractivity contribution in [2.24, 2.45) is 11.8 Å². The topological polar surface area (TPSA) is 65.5 Å². The summed E-state index contributed by atoms with van der Waals surface area (Å²) < 4.78 is 0. The Morgan fingerprint density at radius 1 is 1.30 bits per heavy atom. The van der Waals surface area contributed by atoms with E-state index < -0.39 is 0 Å². The fourth-order valence-corrected chi connectivity index (χ4v) is 5.56. The SMILES string of the molecule is O=C(Cc1sc(NC2CC3C=CC2C3)nc1O)N1CCCc2ccccc21. The number of benzene rings is 1. The van der Waals surface area contributed by atoms with Crippen LogP contribution in [0, 0.1) is 11.8 Å². The summed E-state index contributed by atoms with van der Waals surface area (Å²) in [4.78, 5) is 19.7. The van der Waals surface area contributed by atoms with Gasteiger partial charge in [0.15, 0.2) is 5.13 Å². The van der Waals surface area contributed by atoms with Crippen molar-refractivity contribution in [2.75, 3.05) is 16.8 Å². The summed E-state index contributed by atoms with van der Waals surface area (Å²) >= 11 is 1.40. The van der Waals surface area contributed by atoms with Gasteiger partial charge in [0.1, 0.15) is 0 Å². The van der Waals surface area contributed by atoms with Gasteiger partial charge in [-0.25, -0.2) is 0 Å². The molecule has 0 radical (unpaired) electrons. The van der Waals surface area contributed by atoms with Gasteiger partial charge in [0, 0.05) is 18.3 Å². The van der Waals surface area contributed by atoms with Crippen molar-refractivity contribution in [1.82, 2.24) is 4.98 Å². The second-order valence-corrected chi connectivity index (χ2v) is 8.83. The van der Waals surface area contributed by atoms with Gasteiger partial charge in [-0.3, -0.25) is 4.79 Å². The van der Waals surface area contributed by atoms with Gasteiger partial charge in [-0.05, 0) is 49.1 Å². The fourth-order valence-electron chi connectivity index (χ4n) is 4.65. The second kappa shape index (κ2) is 6.68. The van der Waals surface area contributed by atoms with Gasteiger partial charge in [0.2, 0.25) is 11.8 Å². The molecule has 5 rings (SSSR count). The number of aromatic nitrogens is 1. The molecule has 2 aromatic rings. The molecule has 2 bridgehead atoms. The van der Waals surface area contributed by atoms with E-state index in [1.165, 1.54) is 23.3 Å². The minimum atomic E-state index is -0.0140. The largest absolute Gasteiger partial charge is 0.492 e. The molecule has 0 saturated heterocycles. The van der Waals surface area contributed by atoms with Gasteiger partial charge in [-0.1, -0.05) is 41.7 Å². The van der Waals surface area contributed by atoms with E-state index in [1.807, 2.05) is 23.1 Å². The van der Waals surface area contributed by atoms with Gasteiger partial charge in [-0.2, -0.15) is 4.98 Å². The van der Waals surface area contributed by atoms with E-state index in [-0.39, 0.29) is 18.2 Å². The van der Waals surface area contributed by atoms with E-state index in [0.717, 1.165) is 36.6 Å². The van der Waals surface area contributed by atoms with Gasteiger partial charge in [0.25, 0.3) is 0 Å². The Labute approximate surface area is 162 Å². The predicted molar refractivity (Wildman–Crippen MR) is 107 cm³/mol. The van der Waals surface area contributed by atoms with Crippen molar-refractivity contribution < 1.29 is 9.90 Å². The van der Waals surface area contributed by atoms with Crippen LogP contribution in [0.3, 0.4) is 0 Å². The molecule has 1 amide bonds. The van der Waals surface area contributed by atoms with Crippen LogP contribution in [0.1, 0.15) is 29.7 Å². The first kappa shape index (κ1) is 16.8. The number of nitrogens with one attached hydrogen (secondary N) is 1. The molecule has 2 heterocycles. The lowest BCUT2D eigenvalue weighted by atomic mass is 10.0. The highest BCUT2D eigenvalue weighted by Crippen LogP contribution is 2.41. The van der Waals surface area contributed by atoms with Crippen LogP contribution >= 0.6 is 11.3 Å². The van der Waals surface area contributed by atoms with E-state index in [4.69, 9.17) is 0 Å². The molecule has 3 atom stereocenters. The van der Waals surface area contributed by atoms with Crippen molar-refractivity contribution >= 4 is 28.1 Å². The van der Waals surface area contributed by atoms with E-state index in [1.54, 1.807) is 0 Å². The summed E-state index contributed by atoms with van der Waals surface area (Å²) in [6.45, 7) is 0.734. The fraction of sp³-hybridized carbons (Fsp3) is 0.429. The zero-order valence-electron chi connectivity index (χ0n) is 15.1. The van der Waals surface area contributed by atoms with Gasteiger partial charge in [-0.15, -0.1) is 0 Å². The van der Waals surface area contributed by atoms with Gasteiger partial charge < -0.3 is 15.3 Å². The summed E-state index contributed by atoms with van der Waals surface area (Å²) in [6, 6.07) is 8.48. The number of aromatic hydroxyl groups is 1. The van der Waals surface area contributed by atoms with Crippen LogP contribution in [0.4, 0.5) is 10.8 Å². The number of para-hydroxylation sites is 1. The number of anilines is 2. The molecular formula is C21H23N3O2S. The van der Waals surface area contributed by atoms with Crippen LogP contribution in [-0.2, 0) is 17.6 Å². The van der Waals surface area contributed by atoms with Crippen LogP contribution < -0.4 is 10.2 Å². The monoisotopic (exact) mass is 381 g/mol. The molecule has 5 nitrogen and oxygen atoms in total. The minimum absolute atomic E-state index is 0.0140. The molecule has 6 heteroatoms. The Morgan fingerprint density at radius 2 is 2.19 bits per heavy atom. The zero-order valence-corrected chi connectivity index (χ0v) is 15.9. The molecule has 3 unspecified atom stereocenters. The maximum absolute atomic E-state index is 12.9. The summed E-state index contributed by atoms with van der Waals surface area (Å²) in [7, 11) is 0. The van der Waals surface area contributed by atoms with Gasteiger partial charge >= 0.3 is 0 Å². The number of amides is 1. The van der Waals surface area contributed by atoms with E-state index in [2.05, 4.69) is 28.5 Å². The number of aryl methyl sites for hydroxylation is 1. The third-order valence-electron chi connectivity index (χ3n) is 5.99. The molecule has 2 aliphatic carbocycles. The van der Waals surface area contributed by atoms with Crippen LogP contribution in [0.2, 0.25) is 0 Å². The standard InChI is InChI=1S/C21H23N3O2S/c25-19(24-9-3-5-14-4-1-2-6-17(14)24)12-18-20(26)23-21(27-18)22-16-11-13-7-8-15(16)10-13/h1-2,4,6-8,13,15-16,26H,3,5,9-12H2,(H,22,23). The van der Waals surface area contributed by atoms with Gasteiger partial charge in [0.05, 0.1) is 11.3 Å². The molecule has 1 aliphatic heterocycles. The van der Waals surface area contributed by atoms with Crippen LogP contribution in [0.5, 0.6) is 5.88 Å². The lowest BCUT2D eigenvalue weighted by Gasteiger charge is -2.29. The summed E-state index contributed by atoms with van der Waals surface area (Å²) in [5.41, 5.74) is 2.22. The first-order valence-corrected chi connectivity index (χ1v) is 10.5. The molecule has 2 N–H and O–H groups in total. The maximum Gasteiger partial charge on any atom is 0.232 e. The number of thiazole rings is 1. The van der Waals surface area contributed by atoms with Crippen LogP contribution in [-0.4, -0.2) is 28.6 Å². The zero-order chi connectivity index (χ0) is 18.4. The lowest BCUT2D eigenvalue weighted by molar-refractivity contribution is -0.118. The van der Waals surface area contributed by atoms with E-state index >= 15 is 0 Å². The number of carbonyl (C=O) groups excluding carboxylic acids is 1. The Balaban J connectivity index is 1.29. The Kier molecular flexibility index (Phi) is 4.16. The van der Waals surface area contributed by atoms with E-state index in [9.17, 15) is 9.90 Å². The second-order valence-electron chi connectivity index (χ2n) is 7.75. The van der Waals surface area contributed by atoms with Crippen molar-refractivity contribution in [3.05, 3.63) is 46.9 Å². The third kappa shape index (κ3) is 3.12.